The molecule has 166 valence electrons. The first-order valence-corrected chi connectivity index (χ1v) is 10.2. The van der Waals surface area contributed by atoms with Gasteiger partial charge in [0.25, 0.3) is 11.8 Å². The number of para-hydroxylation sites is 1. The van der Waals surface area contributed by atoms with Crippen molar-refractivity contribution in [2.24, 2.45) is 0 Å². The van der Waals surface area contributed by atoms with Gasteiger partial charge in [-0.05, 0) is 29.8 Å². The molecule has 3 rings (SSSR count). The molecule has 0 unspecified atom stereocenters. The first-order chi connectivity index (χ1) is 15.3. The number of carbonyl (C=O) groups excluding carboxylic acids is 4. The number of hydrogen-bond acceptors (Lipinski definition) is 4. The van der Waals surface area contributed by atoms with Crippen LogP contribution in [0.5, 0.6) is 0 Å². The third-order valence-corrected chi connectivity index (χ3v) is 4.95. The van der Waals surface area contributed by atoms with Crippen LogP contribution in [0.4, 0.5) is 0 Å². The Balaban J connectivity index is 1.36. The van der Waals surface area contributed by atoms with Gasteiger partial charge >= 0.3 is 0 Å². The highest BCUT2D eigenvalue weighted by atomic mass is 35.5. The Labute approximate surface area is 192 Å². The average Bonchev–Trinajstić information content (AvgIpc) is 3.17. The summed E-state index contributed by atoms with van der Waals surface area (Å²) in [6.45, 7) is -0.748. The summed E-state index contributed by atoms with van der Waals surface area (Å²) in [5.41, 5.74) is 6.38. The lowest BCUT2D eigenvalue weighted by Crippen LogP contribution is -2.48. The largest absolute Gasteiger partial charge is 0.361 e. The third kappa shape index (κ3) is 6.22. The van der Waals surface area contributed by atoms with Crippen molar-refractivity contribution < 1.29 is 19.2 Å². The Morgan fingerprint density at radius 2 is 1.56 bits per heavy atom. The lowest BCUT2D eigenvalue weighted by atomic mass is 10.1. The number of rotatable bonds is 7. The van der Waals surface area contributed by atoms with Gasteiger partial charge in [0.05, 0.1) is 30.1 Å². The number of aromatic nitrogens is 1. The molecule has 1 aromatic heterocycles. The molecule has 32 heavy (non-hydrogen) atoms. The molecule has 2 aromatic carbocycles. The van der Waals surface area contributed by atoms with E-state index in [4.69, 9.17) is 23.2 Å². The van der Waals surface area contributed by atoms with E-state index < -0.39 is 23.6 Å². The topological polar surface area (TPSA) is 132 Å². The summed E-state index contributed by atoms with van der Waals surface area (Å²) < 4.78 is 0. The van der Waals surface area contributed by atoms with E-state index in [1.807, 2.05) is 24.3 Å². The molecule has 0 aliphatic heterocycles. The van der Waals surface area contributed by atoms with Gasteiger partial charge in [0.2, 0.25) is 11.8 Å². The van der Waals surface area contributed by atoms with Crippen LogP contribution in [0.3, 0.4) is 0 Å². The van der Waals surface area contributed by atoms with Crippen molar-refractivity contribution in [2.75, 3.05) is 13.1 Å². The van der Waals surface area contributed by atoms with Crippen LogP contribution in [0, 0.1) is 0 Å². The zero-order valence-corrected chi connectivity index (χ0v) is 18.1. The Morgan fingerprint density at radius 3 is 2.34 bits per heavy atom. The maximum absolute atomic E-state index is 12.1. The molecule has 0 saturated carbocycles. The molecule has 3 aromatic rings. The minimum absolute atomic E-state index is 0.0654. The van der Waals surface area contributed by atoms with Gasteiger partial charge in [-0.1, -0.05) is 41.4 Å². The van der Waals surface area contributed by atoms with Gasteiger partial charge in [-0.15, -0.1) is 0 Å². The summed E-state index contributed by atoms with van der Waals surface area (Å²) in [4.78, 5) is 50.9. The first-order valence-electron chi connectivity index (χ1n) is 9.46. The second-order valence-corrected chi connectivity index (χ2v) is 7.56. The minimum Gasteiger partial charge on any atom is -0.361 e. The van der Waals surface area contributed by atoms with Gasteiger partial charge in [-0.2, -0.15) is 0 Å². The molecule has 11 heteroatoms. The van der Waals surface area contributed by atoms with Crippen molar-refractivity contribution in [3.63, 3.8) is 0 Å². The molecule has 4 amide bonds. The number of fused-ring (bicyclic) bond motifs is 1. The number of hydrogen-bond donors (Lipinski definition) is 5. The highest BCUT2D eigenvalue weighted by Gasteiger charge is 2.13. The molecule has 0 bridgehead atoms. The Morgan fingerprint density at radius 1 is 0.844 bits per heavy atom. The van der Waals surface area contributed by atoms with Crippen molar-refractivity contribution in [1.82, 2.24) is 26.5 Å². The van der Waals surface area contributed by atoms with E-state index in [1.165, 1.54) is 18.2 Å². The molecule has 1 heterocycles. The number of amides is 4. The zero-order chi connectivity index (χ0) is 23.1. The summed E-state index contributed by atoms with van der Waals surface area (Å²) >= 11 is 11.7. The number of H-pyrrole nitrogens is 1. The first kappa shape index (κ1) is 23.1. The molecule has 0 fully saturated rings. The SMILES string of the molecule is O=C(CNC(=O)c1ccc(Cl)cc1Cl)NCC(=O)NNC(=O)Cc1c[nH]c2ccccc12. The fourth-order valence-corrected chi connectivity index (χ4v) is 3.34. The summed E-state index contributed by atoms with van der Waals surface area (Å²) in [7, 11) is 0. The quantitative estimate of drug-likeness (QED) is 0.332. The Kier molecular flexibility index (Phi) is 7.69. The monoisotopic (exact) mass is 475 g/mol. The Hall–Kier alpha value is -3.56. The number of hydrazine groups is 1. The highest BCUT2D eigenvalue weighted by molar-refractivity contribution is 6.36. The lowest BCUT2D eigenvalue weighted by Gasteiger charge is -2.09. The van der Waals surface area contributed by atoms with E-state index in [-0.39, 0.29) is 30.1 Å². The van der Waals surface area contributed by atoms with Crippen LogP contribution in [-0.2, 0) is 20.8 Å². The van der Waals surface area contributed by atoms with Crippen LogP contribution in [-0.4, -0.2) is 41.7 Å². The molecule has 0 aliphatic rings. The molecular formula is C21H19Cl2N5O4. The van der Waals surface area contributed by atoms with E-state index in [2.05, 4.69) is 26.5 Å². The number of aromatic amines is 1. The smallest absolute Gasteiger partial charge is 0.257 e. The van der Waals surface area contributed by atoms with Crippen LogP contribution >= 0.6 is 23.2 Å². The van der Waals surface area contributed by atoms with Crippen molar-refractivity contribution in [3.05, 3.63) is 69.8 Å². The van der Waals surface area contributed by atoms with Crippen LogP contribution in [0.25, 0.3) is 10.9 Å². The maximum atomic E-state index is 12.1. The maximum Gasteiger partial charge on any atom is 0.257 e. The van der Waals surface area contributed by atoms with Crippen molar-refractivity contribution in [1.29, 1.82) is 0 Å². The fraction of sp³-hybridized carbons (Fsp3) is 0.143. The fourth-order valence-electron chi connectivity index (χ4n) is 2.85. The van der Waals surface area contributed by atoms with Crippen molar-refractivity contribution in [2.45, 2.75) is 6.42 Å². The zero-order valence-electron chi connectivity index (χ0n) is 16.6. The van der Waals surface area contributed by atoms with Crippen molar-refractivity contribution in [3.8, 4) is 0 Å². The normalized spacial score (nSPS) is 10.4. The van der Waals surface area contributed by atoms with Crippen LogP contribution in [0.15, 0.2) is 48.7 Å². The molecule has 0 spiro atoms. The molecule has 0 radical (unpaired) electrons. The average molecular weight is 476 g/mol. The van der Waals surface area contributed by atoms with Crippen LogP contribution in [0.1, 0.15) is 15.9 Å². The predicted octanol–water partition coefficient (Wildman–Crippen LogP) is 1.71. The van der Waals surface area contributed by atoms with E-state index in [1.54, 1.807) is 6.20 Å². The minimum atomic E-state index is -0.627. The van der Waals surface area contributed by atoms with E-state index >= 15 is 0 Å². The summed E-state index contributed by atoms with van der Waals surface area (Å²) in [5, 5.41) is 6.17. The molecule has 5 N–H and O–H groups in total. The van der Waals surface area contributed by atoms with Gasteiger partial charge in [-0.25, -0.2) is 0 Å². The van der Waals surface area contributed by atoms with Crippen molar-refractivity contribution >= 4 is 57.7 Å². The van der Waals surface area contributed by atoms with Gasteiger partial charge < -0.3 is 15.6 Å². The molecule has 9 nitrogen and oxygen atoms in total. The van der Waals surface area contributed by atoms with E-state index in [9.17, 15) is 19.2 Å². The molecular weight excluding hydrogens is 457 g/mol. The summed E-state index contributed by atoms with van der Waals surface area (Å²) in [6, 6.07) is 11.9. The standard InChI is InChI=1S/C21H19Cl2N5O4/c22-13-5-6-15(16(23)8-13)21(32)26-10-19(30)25-11-20(31)28-27-18(29)7-12-9-24-17-4-2-1-3-14(12)17/h1-6,8-9,24H,7,10-11H2,(H,25,30)(H,26,32)(H,27,29)(H,28,31). The number of carbonyl (C=O) groups is 4. The van der Waals surface area contributed by atoms with Gasteiger partial charge in [0.15, 0.2) is 0 Å². The van der Waals surface area contributed by atoms with Gasteiger partial charge in [-0.3, -0.25) is 30.0 Å². The highest BCUT2D eigenvalue weighted by Crippen LogP contribution is 2.20. The van der Waals surface area contributed by atoms with Crippen LogP contribution in [0.2, 0.25) is 10.0 Å². The summed E-state index contributed by atoms with van der Waals surface area (Å²) in [6.07, 6.45) is 1.80. The van der Waals surface area contributed by atoms with E-state index in [0.717, 1.165) is 16.5 Å². The number of nitrogens with one attached hydrogen (secondary N) is 5. The molecule has 0 aliphatic carbocycles. The predicted molar refractivity (Wildman–Crippen MR) is 120 cm³/mol. The van der Waals surface area contributed by atoms with Gasteiger partial charge in [0, 0.05) is 22.1 Å². The second-order valence-electron chi connectivity index (χ2n) is 6.72. The second kappa shape index (κ2) is 10.7. The van der Waals surface area contributed by atoms with Crippen LogP contribution < -0.4 is 21.5 Å². The van der Waals surface area contributed by atoms with E-state index in [0.29, 0.717) is 5.02 Å². The lowest BCUT2D eigenvalue weighted by molar-refractivity contribution is -0.129. The Bertz CT molecular complexity index is 1180. The number of benzene rings is 2. The molecule has 0 atom stereocenters. The third-order valence-electron chi connectivity index (χ3n) is 4.40. The van der Waals surface area contributed by atoms with Gasteiger partial charge in [0.1, 0.15) is 0 Å². The molecule has 0 saturated heterocycles. The summed E-state index contributed by atoms with van der Waals surface area (Å²) in [5.74, 6) is -2.20. The number of halogens is 2.